The standard InChI is InChI=1S/C2H2O4.Mg.H2O.2H/c3-1(4)2(5)6;;;;/h(H,3,4)(H,5,6);;1H2;;. The van der Waals surface area contributed by atoms with Gasteiger partial charge in [0, 0.05) is 0 Å². The van der Waals surface area contributed by atoms with E-state index in [1.54, 1.807) is 0 Å². The summed E-state index contributed by atoms with van der Waals surface area (Å²) in [5.41, 5.74) is 0. The fraction of sp³-hybridized carbons (Fsp3) is 0. The smallest absolute Gasteiger partial charge is 0.414 e. The third-order valence-corrected chi connectivity index (χ3v) is 0.183. The van der Waals surface area contributed by atoms with E-state index < -0.39 is 11.9 Å². The van der Waals surface area contributed by atoms with Gasteiger partial charge in [0.1, 0.15) is 0 Å². The molecule has 0 aromatic heterocycles. The number of carboxylic acid groups (broad SMARTS) is 2. The van der Waals surface area contributed by atoms with Crippen LogP contribution in [0.4, 0.5) is 0 Å². The summed E-state index contributed by atoms with van der Waals surface area (Å²) in [4.78, 5) is 18.2. The molecular weight excluding hydrogens is 128 g/mol. The zero-order valence-electron chi connectivity index (χ0n) is 3.21. The van der Waals surface area contributed by atoms with Gasteiger partial charge < -0.3 is 15.7 Å². The van der Waals surface area contributed by atoms with Gasteiger partial charge in [0.15, 0.2) is 0 Å². The molecule has 46 valence electrons. The van der Waals surface area contributed by atoms with Gasteiger partial charge in [0.25, 0.3) is 0 Å². The minimum atomic E-state index is -1.82. The second-order valence-corrected chi connectivity index (χ2v) is 0.610. The number of carbonyl (C=O) groups is 2. The average Bonchev–Trinajstić information content (AvgIpc) is 1.36. The Morgan fingerprint density at radius 1 is 1.00 bits per heavy atom. The van der Waals surface area contributed by atoms with Gasteiger partial charge in [0.05, 0.1) is 0 Å². The molecule has 0 heterocycles. The first-order valence-electron chi connectivity index (χ1n) is 1.11. The lowest BCUT2D eigenvalue weighted by Crippen LogP contribution is -2.09. The molecule has 0 spiro atoms. The molecule has 5 nitrogen and oxygen atoms in total. The molecule has 8 heavy (non-hydrogen) atoms. The van der Waals surface area contributed by atoms with E-state index in [4.69, 9.17) is 19.8 Å². The summed E-state index contributed by atoms with van der Waals surface area (Å²) in [7, 11) is 0. The summed E-state index contributed by atoms with van der Waals surface area (Å²) >= 11 is 0. The van der Waals surface area contributed by atoms with E-state index in [2.05, 4.69) is 0 Å². The predicted octanol–water partition coefficient (Wildman–Crippen LogP) is -2.59. The van der Waals surface area contributed by atoms with Crippen LogP contribution in [0.5, 0.6) is 0 Å². The molecule has 0 rings (SSSR count). The molecular formula is C2H6MgO5. The van der Waals surface area contributed by atoms with Crippen LogP contribution in [0, 0.1) is 0 Å². The van der Waals surface area contributed by atoms with E-state index in [9.17, 15) is 0 Å². The molecule has 4 N–H and O–H groups in total. The minimum Gasteiger partial charge on any atom is -0.473 e. The first-order valence-corrected chi connectivity index (χ1v) is 1.11. The fourth-order valence-electron chi connectivity index (χ4n) is 0. The third kappa shape index (κ3) is 9.18. The fourth-order valence-corrected chi connectivity index (χ4v) is 0. The van der Waals surface area contributed by atoms with Crippen LogP contribution in [-0.2, 0) is 9.59 Å². The molecule has 0 atom stereocenters. The van der Waals surface area contributed by atoms with E-state index >= 15 is 0 Å². The van der Waals surface area contributed by atoms with Crippen LogP contribution in [0.2, 0.25) is 0 Å². The third-order valence-electron chi connectivity index (χ3n) is 0.183. The lowest BCUT2D eigenvalue weighted by atomic mass is 10.7. The summed E-state index contributed by atoms with van der Waals surface area (Å²) < 4.78 is 0. The Kier molecular flexibility index (Phi) is 13.0. The van der Waals surface area contributed by atoms with Crippen molar-refractivity contribution in [3.05, 3.63) is 0 Å². The van der Waals surface area contributed by atoms with Gasteiger partial charge in [-0.1, -0.05) is 0 Å². The SMILES string of the molecule is O.O=C(O)C(=O)O.[MgH2]. The number of carboxylic acids is 2. The van der Waals surface area contributed by atoms with Crippen molar-refractivity contribution in [2.45, 2.75) is 0 Å². The van der Waals surface area contributed by atoms with Crippen LogP contribution in [0.3, 0.4) is 0 Å². The largest absolute Gasteiger partial charge is 0.473 e. The molecule has 0 aliphatic carbocycles. The highest BCUT2D eigenvalue weighted by molar-refractivity contribution is 6.27. The van der Waals surface area contributed by atoms with Crippen LogP contribution in [-0.4, -0.2) is 50.7 Å². The molecule has 0 radical (unpaired) electrons. The zero-order chi connectivity index (χ0) is 5.15. The molecule has 0 unspecified atom stereocenters. The van der Waals surface area contributed by atoms with Crippen LogP contribution >= 0.6 is 0 Å². The van der Waals surface area contributed by atoms with Gasteiger partial charge in [-0.25, -0.2) is 9.59 Å². The van der Waals surface area contributed by atoms with Crippen LogP contribution in [0.15, 0.2) is 0 Å². The van der Waals surface area contributed by atoms with Crippen LogP contribution < -0.4 is 0 Å². The lowest BCUT2D eigenvalue weighted by molar-refractivity contribution is -0.159. The summed E-state index contributed by atoms with van der Waals surface area (Å²) in [5.74, 6) is -3.65. The monoisotopic (exact) mass is 134 g/mol. The van der Waals surface area contributed by atoms with Crippen molar-refractivity contribution in [3.8, 4) is 0 Å². The zero-order valence-corrected chi connectivity index (χ0v) is 3.21. The first kappa shape index (κ1) is 15.6. The maximum absolute atomic E-state index is 9.10. The van der Waals surface area contributed by atoms with E-state index in [0.717, 1.165) is 0 Å². The number of rotatable bonds is 0. The Morgan fingerprint density at radius 2 is 1.12 bits per heavy atom. The highest BCUT2D eigenvalue weighted by Gasteiger charge is 2.04. The highest BCUT2D eigenvalue weighted by atomic mass is 24.3. The Bertz CT molecular complexity index is 76.4. The van der Waals surface area contributed by atoms with Crippen molar-refractivity contribution in [3.63, 3.8) is 0 Å². The Hall–Kier alpha value is -0.334. The van der Waals surface area contributed by atoms with Crippen molar-refractivity contribution >= 4 is 35.0 Å². The van der Waals surface area contributed by atoms with E-state index in [1.165, 1.54) is 0 Å². The summed E-state index contributed by atoms with van der Waals surface area (Å²) in [5, 5.41) is 14.8. The molecule has 0 saturated heterocycles. The summed E-state index contributed by atoms with van der Waals surface area (Å²) in [6.07, 6.45) is 0. The lowest BCUT2D eigenvalue weighted by Gasteiger charge is -1.72. The van der Waals surface area contributed by atoms with Gasteiger partial charge in [-0.3, -0.25) is 0 Å². The predicted molar refractivity (Wildman–Crippen MR) is 27.4 cm³/mol. The molecule has 0 aliphatic rings. The van der Waals surface area contributed by atoms with E-state index in [0.29, 0.717) is 0 Å². The number of hydrogen-bond acceptors (Lipinski definition) is 2. The number of hydrogen-bond donors (Lipinski definition) is 2. The van der Waals surface area contributed by atoms with Crippen molar-refractivity contribution in [2.75, 3.05) is 0 Å². The summed E-state index contributed by atoms with van der Waals surface area (Å²) in [6, 6.07) is 0. The van der Waals surface area contributed by atoms with Crippen molar-refractivity contribution < 1.29 is 25.3 Å². The second kappa shape index (κ2) is 6.67. The molecule has 0 fully saturated rings. The topological polar surface area (TPSA) is 106 Å². The molecule has 0 amide bonds. The normalized spacial score (nSPS) is 5.50. The average molecular weight is 134 g/mol. The minimum absolute atomic E-state index is 0. The quantitative estimate of drug-likeness (QED) is 0.280. The Balaban J connectivity index is -0.000000125. The Labute approximate surface area is 60.8 Å². The maximum Gasteiger partial charge on any atom is 0.414 e. The van der Waals surface area contributed by atoms with E-state index in [1.807, 2.05) is 0 Å². The molecule has 6 heteroatoms. The molecule has 0 aliphatic heterocycles. The van der Waals surface area contributed by atoms with Gasteiger partial charge in [-0.2, -0.15) is 0 Å². The summed E-state index contributed by atoms with van der Waals surface area (Å²) in [6.45, 7) is 0. The van der Waals surface area contributed by atoms with Gasteiger partial charge in [-0.05, 0) is 0 Å². The maximum atomic E-state index is 9.10. The van der Waals surface area contributed by atoms with Crippen LogP contribution in [0.1, 0.15) is 0 Å². The van der Waals surface area contributed by atoms with Crippen molar-refractivity contribution in [1.82, 2.24) is 0 Å². The van der Waals surface area contributed by atoms with Gasteiger partial charge in [-0.15, -0.1) is 0 Å². The van der Waals surface area contributed by atoms with Crippen molar-refractivity contribution in [1.29, 1.82) is 0 Å². The van der Waals surface area contributed by atoms with E-state index in [-0.39, 0.29) is 28.5 Å². The van der Waals surface area contributed by atoms with Gasteiger partial charge >= 0.3 is 35.0 Å². The van der Waals surface area contributed by atoms with Gasteiger partial charge in [0.2, 0.25) is 0 Å². The van der Waals surface area contributed by atoms with Crippen LogP contribution in [0.25, 0.3) is 0 Å². The second-order valence-electron chi connectivity index (χ2n) is 0.610. The molecule has 0 bridgehead atoms. The first-order chi connectivity index (χ1) is 2.64. The highest BCUT2D eigenvalue weighted by Crippen LogP contribution is 1.56. The Morgan fingerprint density at radius 3 is 1.12 bits per heavy atom. The van der Waals surface area contributed by atoms with Crippen molar-refractivity contribution in [2.24, 2.45) is 0 Å². The molecule has 0 saturated carbocycles. The molecule has 0 aromatic carbocycles. The molecule has 0 aromatic rings. The number of aliphatic carboxylic acids is 2.